The zero-order valence-electron chi connectivity index (χ0n) is 10.5. The van der Waals surface area contributed by atoms with Crippen molar-refractivity contribution in [2.45, 2.75) is 58.0 Å². The molecule has 106 valence electrons. The molecular formula is C12H19F3O3. The molecule has 0 rings (SSSR count). The maximum atomic E-state index is 11.8. The summed E-state index contributed by atoms with van der Waals surface area (Å²) in [5.41, 5.74) is 0. The Balaban J connectivity index is 3.46. The lowest BCUT2D eigenvalue weighted by atomic mass is 10.1. The highest BCUT2D eigenvalue weighted by molar-refractivity contribution is 5.82. The number of esters is 1. The molecule has 0 amide bonds. The Morgan fingerprint density at radius 3 is 2.22 bits per heavy atom. The summed E-state index contributed by atoms with van der Waals surface area (Å²) in [5, 5.41) is 0. The van der Waals surface area contributed by atoms with Crippen LogP contribution in [0.5, 0.6) is 0 Å². The predicted molar refractivity (Wildman–Crippen MR) is 60.0 cm³/mol. The second-order valence-corrected chi connectivity index (χ2v) is 4.02. The number of Topliss-reactive ketones (excluding diaryl/α,β-unsaturated/α-hetero) is 1. The lowest BCUT2D eigenvalue weighted by Gasteiger charge is -2.05. The summed E-state index contributed by atoms with van der Waals surface area (Å²) in [6.07, 6.45) is -3.65. The molecule has 0 aliphatic heterocycles. The quantitative estimate of drug-likeness (QED) is 0.475. The molecular weight excluding hydrogens is 249 g/mol. The van der Waals surface area contributed by atoms with Gasteiger partial charge in [-0.25, -0.2) is 0 Å². The lowest BCUT2D eigenvalue weighted by Crippen LogP contribution is -2.08. The highest BCUT2D eigenvalue weighted by atomic mass is 19.4. The fourth-order valence-corrected chi connectivity index (χ4v) is 1.42. The van der Waals surface area contributed by atoms with Gasteiger partial charge < -0.3 is 4.74 Å². The normalized spacial score (nSPS) is 11.3. The number of hydrogen-bond donors (Lipinski definition) is 0. The van der Waals surface area contributed by atoms with Gasteiger partial charge >= 0.3 is 12.1 Å². The molecule has 6 heteroatoms. The van der Waals surface area contributed by atoms with Crippen LogP contribution in [0.1, 0.15) is 51.9 Å². The van der Waals surface area contributed by atoms with Crippen LogP contribution in [0, 0.1) is 0 Å². The molecule has 0 aromatic heterocycles. The van der Waals surface area contributed by atoms with Gasteiger partial charge in [-0.2, -0.15) is 13.2 Å². The van der Waals surface area contributed by atoms with Crippen molar-refractivity contribution >= 4 is 11.8 Å². The minimum Gasteiger partial charge on any atom is -0.466 e. The molecule has 0 saturated heterocycles. The topological polar surface area (TPSA) is 43.4 Å². The van der Waals surface area contributed by atoms with Crippen LogP contribution in [0.2, 0.25) is 0 Å². The second-order valence-electron chi connectivity index (χ2n) is 4.02. The number of rotatable bonds is 9. The predicted octanol–water partition coefficient (Wildman–Crippen LogP) is 3.41. The number of ether oxygens (including phenoxy) is 1. The fourth-order valence-electron chi connectivity index (χ4n) is 1.42. The number of alkyl halides is 3. The molecule has 0 radical (unpaired) electrons. The lowest BCUT2D eigenvalue weighted by molar-refractivity contribution is -0.144. The molecule has 18 heavy (non-hydrogen) atoms. The molecule has 0 heterocycles. The van der Waals surface area contributed by atoms with Gasteiger partial charge in [-0.15, -0.1) is 0 Å². The number of hydrogen-bond acceptors (Lipinski definition) is 3. The summed E-state index contributed by atoms with van der Waals surface area (Å²) in [7, 11) is 0. The summed E-state index contributed by atoms with van der Waals surface area (Å²) in [5.74, 6) is -0.516. The molecule has 0 aromatic carbocycles. The van der Waals surface area contributed by atoms with Gasteiger partial charge in [-0.1, -0.05) is 6.42 Å². The first-order valence-corrected chi connectivity index (χ1v) is 6.09. The second kappa shape index (κ2) is 8.94. The monoisotopic (exact) mass is 268 g/mol. The largest absolute Gasteiger partial charge is 0.466 e. The molecule has 0 N–H and O–H groups in total. The summed E-state index contributed by atoms with van der Waals surface area (Å²) in [6.45, 7) is 1.96. The van der Waals surface area contributed by atoms with Gasteiger partial charge in [-0.3, -0.25) is 9.59 Å². The van der Waals surface area contributed by atoms with Crippen molar-refractivity contribution in [3.63, 3.8) is 0 Å². The Labute approximate surface area is 105 Å². The standard InChI is InChI=1S/C12H19F3O3/c1-2-18-11(17)8-7-10(16)6-4-3-5-9-12(13,14)15/h2-9H2,1H3. The van der Waals surface area contributed by atoms with E-state index in [9.17, 15) is 22.8 Å². The first-order chi connectivity index (χ1) is 8.35. The summed E-state index contributed by atoms with van der Waals surface area (Å²) >= 11 is 0. The average molecular weight is 268 g/mol. The molecule has 0 spiro atoms. The van der Waals surface area contributed by atoms with Gasteiger partial charge in [0.25, 0.3) is 0 Å². The minimum absolute atomic E-state index is 0.0503. The van der Waals surface area contributed by atoms with Crippen LogP contribution in [0.15, 0.2) is 0 Å². The average Bonchev–Trinajstić information content (AvgIpc) is 2.25. The van der Waals surface area contributed by atoms with E-state index in [1.807, 2.05) is 0 Å². The molecule has 0 unspecified atom stereocenters. The molecule has 3 nitrogen and oxygen atoms in total. The van der Waals surface area contributed by atoms with E-state index < -0.39 is 18.6 Å². The highest BCUT2D eigenvalue weighted by Gasteiger charge is 2.25. The number of halogens is 3. The van der Waals surface area contributed by atoms with Crippen molar-refractivity contribution in [2.24, 2.45) is 0 Å². The number of carbonyl (C=O) groups is 2. The van der Waals surface area contributed by atoms with Gasteiger partial charge in [-0.05, 0) is 19.8 Å². The van der Waals surface area contributed by atoms with Gasteiger partial charge in [0.2, 0.25) is 0 Å². The zero-order chi connectivity index (χ0) is 14.0. The Hall–Kier alpha value is -1.07. The van der Waals surface area contributed by atoms with Crippen LogP contribution in [-0.4, -0.2) is 24.5 Å². The van der Waals surface area contributed by atoms with E-state index >= 15 is 0 Å². The Kier molecular flexibility index (Phi) is 8.41. The van der Waals surface area contributed by atoms with Crippen molar-refractivity contribution < 1.29 is 27.5 Å². The van der Waals surface area contributed by atoms with Crippen LogP contribution in [-0.2, 0) is 14.3 Å². The minimum atomic E-state index is -4.12. The molecule has 0 aliphatic carbocycles. The highest BCUT2D eigenvalue weighted by Crippen LogP contribution is 2.22. The van der Waals surface area contributed by atoms with Crippen molar-refractivity contribution in [2.75, 3.05) is 6.61 Å². The zero-order valence-corrected chi connectivity index (χ0v) is 10.5. The number of carbonyl (C=O) groups excluding carboxylic acids is 2. The van der Waals surface area contributed by atoms with Crippen molar-refractivity contribution in [1.82, 2.24) is 0 Å². The number of unbranched alkanes of at least 4 members (excludes halogenated alkanes) is 2. The van der Waals surface area contributed by atoms with E-state index in [1.165, 1.54) is 0 Å². The van der Waals surface area contributed by atoms with Crippen molar-refractivity contribution in [3.05, 3.63) is 0 Å². The maximum Gasteiger partial charge on any atom is 0.389 e. The number of ketones is 1. The molecule has 0 aromatic rings. The Morgan fingerprint density at radius 1 is 1.00 bits per heavy atom. The third-order valence-corrected chi connectivity index (χ3v) is 2.33. The van der Waals surface area contributed by atoms with Crippen molar-refractivity contribution in [3.8, 4) is 0 Å². The third-order valence-electron chi connectivity index (χ3n) is 2.33. The summed E-state index contributed by atoms with van der Waals surface area (Å²) in [4.78, 5) is 22.2. The SMILES string of the molecule is CCOC(=O)CCC(=O)CCCCCC(F)(F)F. The van der Waals surface area contributed by atoms with Gasteiger partial charge in [0.1, 0.15) is 5.78 Å². The van der Waals surface area contributed by atoms with Crippen molar-refractivity contribution in [1.29, 1.82) is 0 Å². The fraction of sp³-hybridized carbons (Fsp3) is 0.833. The van der Waals surface area contributed by atoms with E-state index in [2.05, 4.69) is 4.74 Å². The van der Waals surface area contributed by atoms with Crippen LogP contribution < -0.4 is 0 Å². The molecule has 0 saturated carbocycles. The van der Waals surface area contributed by atoms with Gasteiger partial charge in [0.05, 0.1) is 13.0 Å². The van der Waals surface area contributed by atoms with E-state index in [0.717, 1.165) is 0 Å². The Morgan fingerprint density at radius 2 is 1.67 bits per heavy atom. The maximum absolute atomic E-state index is 11.8. The molecule has 0 bridgehead atoms. The third kappa shape index (κ3) is 11.4. The molecule has 0 aliphatic rings. The van der Waals surface area contributed by atoms with Crippen LogP contribution in [0.3, 0.4) is 0 Å². The Bertz CT molecular complexity index is 262. The van der Waals surface area contributed by atoms with Crippen LogP contribution in [0.4, 0.5) is 13.2 Å². The summed E-state index contributed by atoms with van der Waals surface area (Å²) < 4.78 is 40.1. The van der Waals surface area contributed by atoms with Crippen LogP contribution >= 0.6 is 0 Å². The molecule has 0 fully saturated rings. The van der Waals surface area contributed by atoms with E-state index in [-0.39, 0.29) is 38.1 Å². The van der Waals surface area contributed by atoms with Gasteiger partial charge in [0, 0.05) is 19.3 Å². The molecule has 0 atom stereocenters. The van der Waals surface area contributed by atoms with E-state index in [0.29, 0.717) is 12.8 Å². The van der Waals surface area contributed by atoms with Crippen LogP contribution in [0.25, 0.3) is 0 Å². The van der Waals surface area contributed by atoms with Gasteiger partial charge in [0.15, 0.2) is 0 Å². The summed E-state index contributed by atoms with van der Waals surface area (Å²) in [6, 6.07) is 0. The first kappa shape index (κ1) is 16.9. The first-order valence-electron chi connectivity index (χ1n) is 6.09. The van der Waals surface area contributed by atoms with E-state index in [4.69, 9.17) is 0 Å². The van der Waals surface area contributed by atoms with E-state index in [1.54, 1.807) is 6.92 Å². The smallest absolute Gasteiger partial charge is 0.389 e.